The summed E-state index contributed by atoms with van der Waals surface area (Å²) in [5.74, 6) is 1.09. The summed E-state index contributed by atoms with van der Waals surface area (Å²) in [6.45, 7) is 5.95. The summed E-state index contributed by atoms with van der Waals surface area (Å²) in [7, 11) is 0. The first-order valence-electron chi connectivity index (χ1n) is 8.73. The number of piperazine rings is 1. The molecule has 7 nitrogen and oxygen atoms in total. The molecule has 1 aromatic carbocycles. The molecule has 24 heavy (non-hydrogen) atoms. The Morgan fingerprint density at radius 1 is 1.25 bits per heavy atom. The van der Waals surface area contributed by atoms with Gasteiger partial charge in [0.25, 0.3) is 5.69 Å². The molecule has 1 N–H and O–H groups in total. The smallest absolute Gasteiger partial charge is 0.278 e. The third kappa shape index (κ3) is 3.62. The molecule has 0 spiro atoms. The van der Waals surface area contributed by atoms with Gasteiger partial charge in [-0.1, -0.05) is 26.2 Å². The van der Waals surface area contributed by atoms with E-state index in [4.69, 9.17) is 9.47 Å². The number of nitrogens with one attached hydrogen (secondary N) is 1. The summed E-state index contributed by atoms with van der Waals surface area (Å²) >= 11 is 0. The average molecular weight is 335 g/mol. The van der Waals surface area contributed by atoms with Crippen molar-refractivity contribution in [2.24, 2.45) is 0 Å². The minimum atomic E-state index is -0.299. The van der Waals surface area contributed by atoms with Gasteiger partial charge in [-0.3, -0.25) is 15.0 Å². The minimum absolute atomic E-state index is 0.0496. The number of fused-ring (bicyclic) bond motifs is 1. The van der Waals surface area contributed by atoms with Gasteiger partial charge in [-0.05, 0) is 12.5 Å². The number of ether oxygens (including phenoxy) is 2. The molecule has 0 amide bonds. The van der Waals surface area contributed by atoms with Gasteiger partial charge in [0.1, 0.15) is 0 Å². The molecule has 3 rings (SSSR count). The van der Waals surface area contributed by atoms with Gasteiger partial charge in [-0.15, -0.1) is 0 Å². The van der Waals surface area contributed by atoms with Crippen molar-refractivity contribution in [1.82, 2.24) is 10.2 Å². The van der Waals surface area contributed by atoms with Crippen LogP contribution in [0.2, 0.25) is 0 Å². The third-order valence-electron chi connectivity index (χ3n) is 4.75. The molecule has 0 saturated carbocycles. The summed E-state index contributed by atoms with van der Waals surface area (Å²) in [5, 5.41) is 15.0. The lowest BCUT2D eigenvalue weighted by atomic mass is 9.96. The van der Waals surface area contributed by atoms with E-state index in [0.717, 1.165) is 57.4 Å². The van der Waals surface area contributed by atoms with Crippen LogP contribution in [0, 0.1) is 10.1 Å². The predicted octanol–water partition coefficient (Wildman–Crippen LogP) is 2.85. The van der Waals surface area contributed by atoms with Crippen molar-refractivity contribution in [2.45, 2.75) is 38.6 Å². The maximum Gasteiger partial charge on any atom is 0.278 e. The normalized spacial score (nSPS) is 18.5. The van der Waals surface area contributed by atoms with E-state index in [-0.39, 0.29) is 23.4 Å². The Labute approximate surface area is 142 Å². The van der Waals surface area contributed by atoms with Crippen molar-refractivity contribution in [3.05, 3.63) is 27.8 Å². The van der Waals surface area contributed by atoms with Crippen molar-refractivity contribution in [2.75, 3.05) is 33.0 Å². The molecule has 0 bridgehead atoms. The fraction of sp³-hybridized carbons (Fsp3) is 0.647. The second kappa shape index (κ2) is 7.81. The summed E-state index contributed by atoms with van der Waals surface area (Å²) in [6, 6.07) is 3.39. The van der Waals surface area contributed by atoms with Gasteiger partial charge in [0.2, 0.25) is 6.79 Å². The summed E-state index contributed by atoms with van der Waals surface area (Å²) < 4.78 is 10.8. The Morgan fingerprint density at radius 2 is 1.96 bits per heavy atom. The maximum atomic E-state index is 11.6. The second-order valence-corrected chi connectivity index (χ2v) is 6.32. The van der Waals surface area contributed by atoms with Crippen LogP contribution >= 0.6 is 0 Å². The Morgan fingerprint density at radius 3 is 2.62 bits per heavy atom. The van der Waals surface area contributed by atoms with Crippen LogP contribution in [0.25, 0.3) is 0 Å². The zero-order chi connectivity index (χ0) is 16.9. The monoisotopic (exact) mass is 335 g/mol. The van der Waals surface area contributed by atoms with Gasteiger partial charge in [0, 0.05) is 32.2 Å². The molecular weight excluding hydrogens is 310 g/mol. The van der Waals surface area contributed by atoms with Crippen LogP contribution < -0.4 is 14.8 Å². The Balaban J connectivity index is 1.94. The van der Waals surface area contributed by atoms with Crippen molar-refractivity contribution >= 4 is 5.69 Å². The average Bonchev–Trinajstić information content (AvgIpc) is 3.06. The van der Waals surface area contributed by atoms with E-state index in [1.165, 1.54) is 6.07 Å². The highest BCUT2D eigenvalue weighted by molar-refractivity contribution is 5.56. The molecule has 0 aliphatic carbocycles. The zero-order valence-corrected chi connectivity index (χ0v) is 14.1. The standard InChI is InChI=1S/C17H25N3O4/c1-2-3-4-5-14(19-8-6-18-7-9-19)13-10-16-17(24-12-23-16)11-15(13)20(21)22/h10-11,14,18H,2-9,12H2,1H3/t14-/m1/s1. The van der Waals surface area contributed by atoms with Gasteiger partial charge < -0.3 is 14.8 Å². The molecule has 132 valence electrons. The number of nitro benzene ring substituents is 1. The molecule has 1 atom stereocenters. The van der Waals surface area contributed by atoms with Crippen molar-refractivity contribution in [3.63, 3.8) is 0 Å². The van der Waals surface area contributed by atoms with Crippen LogP contribution in [0.1, 0.15) is 44.2 Å². The molecule has 1 saturated heterocycles. The van der Waals surface area contributed by atoms with Crippen molar-refractivity contribution in [1.29, 1.82) is 0 Å². The molecular formula is C17H25N3O4. The summed E-state index contributed by atoms with van der Waals surface area (Å²) in [5.41, 5.74) is 0.890. The first-order chi connectivity index (χ1) is 11.7. The topological polar surface area (TPSA) is 76.9 Å². The Hall–Kier alpha value is -1.86. The van der Waals surface area contributed by atoms with Crippen LogP contribution in [0.4, 0.5) is 5.69 Å². The number of benzene rings is 1. The number of nitro groups is 1. The predicted molar refractivity (Wildman–Crippen MR) is 90.5 cm³/mol. The lowest BCUT2D eigenvalue weighted by Gasteiger charge is -2.35. The largest absolute Gasteiger partial charge is 0.454 e. The first kappa shape index (κ1) is 17.0. The number of unbranched alkanes of at least 4 members (excludes halogenated alkanes) is 2. The van der Waals surface area contributed by atoms with Gasteiger partial charge in [-0.2, -0.15) is 0 Å². The SMILES string of the molecule is CCCCC[C@H](c1cc2c(cc1[N+](=O)[O-])OCO2)N1CCNCC1. The molecule has 0 aromatic heterocycles. The van der Waals surface area contributed by atoms with Gasteiger partial charge in [0.05, 0.1) is 16.6 Å². The van der Waals surface area contributed by atoms with Gasteiger partial charge in [0.15, 0.2) is 11.5 Å². The van der Waals surface area contributed by atoms with Crippen LogP contribution in [-0.4, -0.2) is 42.8 Å². The second-order valence-electron chi connectivity index (χ2n) is 6.32. The minimum Gasteiger partial charge on any atom is -0.454 e. The molecule has 0 unspecified atom stereocenters. The lowest BCUT2D eigenvalue weighted by Crippen LogP contribution is -2.45. The molecule has 7 heteroatoms. The highest BCUT2D eigenvalue weighted by Crippen LogP contribution is 2.42. The van der Waals surface area contributed by atoms with Crippen LogP contribution in [-0.2, 0) is 0 Å². The number of hydrogen-bond donors (Lipinski definition) is 1. The van der Waals surface area contributed by atoms with Crippen LogP contribution in [0.15, 0.2) is 12.1 Å². The van der Waals surface area contributed by atoms with E-state index in [0.29, 0.717) is 11.5 Å². The fourth-order valence-electron chi connectivity index (χ4n) is 3.49. The molecule has 0 radical (unpaired) electrons. The van der Waals surface area contributed by atoms with Crippen LogP contribution in [0.5, 0.6) is 11.5 Å². The summed E-state index contributed by atoms with van der Waals surface area (Å²) in [4.78, 5) is 13.7. The van der Waals surface area contributed by atoms with Gasteiger partial charge in [-0.25, -0.2) is 0 Å². The molecule has 1 fully saturated rings. The molecule has 2 aliphatic heterocycles. The van der Waals surface area contributed by atoms with E-state index in [1.54, 1.807) is 0 Å². The molecule has 2 heterocycles. The Bertz CT molecular complexity index is 587. The van der Waals surface area contributed by atoms with Gasteiger partial charge >= 0.3 is 0 Å². The zero-order valence-electron chi connectivity index (χ0n) is 14.1. The van der Waals surface area contributed by atoms with E-state index in [9.17, 15) is 10.1 Å². The van der Waals surface area contributed by atoms with E-state index < -0.39 is 0 Å². The molecule has 2 aliphatic rings. The Kier molecular flexibility index (Phi) is 5.52. The summed E-state index contributed by atoms with van der Waals surface area (Å²) in [6.07, 6.45) is 4.27. The van der Waals surface area contributed by atoms with Crippen molar-refractivity contribution in [3.8, 4) is 11.5 Å². The van der Waals surface area contributed by atoms with E-state index in [1.807, 2.05) is 6.07 Å². The number of nitrogens with zero attached hydrogens (tertiary/aromatic N) is 2. The quantitative estimate of drug-likeness (QED) is 0.469. The lowest BCUT2D eigenvalue weighted by molar-refractivity contribution is -0.386. The van der Waals surface area contributed by atoms with E-state index >= 15 is 0 Å². The maximum absolute atomic E-state index is 11.6. The first-order valence-corrected chi connectivity index (χ1v) is 8.73. The van der Waals surface area contributed by atoms with Crippen LogP contribution in [0.3, 0.4) is 0 Å². The highest BCUT2D eigenvalue weighted by atomic mass is 16.7. The number of hydrogen-bond acceptors (Lipinski definition) is 6. The molecule has 1 aromatic rings. The highest BCUT2D eigenvalue weighted by Gasteiger charge is 2.31. The fourth-order valence-corrected chi connectivity index (χ4v) is 3.49. The van der Waals surface area contributed by atoms with E-state index in [2.05, 4.69) is 17.1 Å². The third-order valence-corrected chi connectivity index (χ3v) is 4.75. The van der Waals surface area contributed by atoms with Crippen molar-refractivity contribution < 1.29 is 14.4 Å². The number of rotatable bonds is 7.